The number of rotatable bonds is 4. The van der Waals surface area contributed by atoms with Gasteiger partial charge < -0.3 is 20.5 Å². The molecule has 1 aromatic carbocycles. The number of carboxylic acid groups (broad SMARTS) is 1. The zero-order valence-corrected chi connectivity index (χ0v) is 12.1. The molecule has 0 unspecified atom stereocenters. The van der Waals surface area contributed by atoms with Crippen molar-refractivity contribution in [2.45, 2.75) is 38.3 Å². The Labute approximate surface area is 124 Å². The first kappa shape index (κ1) is 14.2. The summed E-state index contributed by atoms with van der Waals surface area (Å²) in [4.78, 5) is 10.9. The van der Waals surface area contributed by atoms with Gasteiger partial charge in [-0.25, -0.2) is 0 Å². The van der Waals surface area contributed by atoms with E-state index in [1.165, 1.54) is 5.56 Å². The van der Waals surface area contributed by atoms with Crippen molar-refractivity contribution in [3.63, 3.8) is 0 Å². The number of nitrogens with one attached hydrogen (secondary N) is 2. The first-order valence-electron chi connectivity index (χ1n) is 7.68. The zero-order chi connectivity index (χ0) is 14.7. The highest BCUT2D eigenvalue weighted by Crippen LogP contribution is 2.28. The van der Waals surface area contributed by atoms with Crippen molar-refractivity contribution in [2.75, 3.05) is 18.5 Å². The van der Waals surface area contributed by atoms with Gasteiger partial charge in [0.2, 0.25) is 0 Å². The Bertz CT molecular complexity index is 510. The monoisotopic (exact) mass is 290 g/mol. The molecule has 0 radical (unpaired) electrons. The molecule has 0 spiro atoms. The molecule has 1 heterocycles. The lowest BCUT2D eigenvalue weighted by Crippen LogP contribution is -2.34. The van der Waals surface area contributed by atoms with Gasteiger partial charge in [-0.2, -0.15) is 0 Å². The van der Waals surface area contributed by atoms with E-state index in [4.69, 9.17) is 9.84 Å². The van der Waals surface area contributed by atoms with Crippen molar-refractivity contribution >= 4 is 11.7 Å². The van der Waals surface area contributed by atoms with Gasteiger partial charge in [0.15, 0.2) is 0 Å². The van der Waals surface area contributed by atoms with Gasteiger partial charge in [0.05, 0.1) is 11.6 Å². The maximum Gasteiger partial charge on any atom is 0.306 e. The minimum Gasteiger partial charge on any atom is -0.490 e. The predicted molar refractivity (Wildman–Crippen MR) is 80.6 cm³/mol. The summed E-state index contributed by atoms with van der Waals surface area (Å²) in [7, 11) is 0. The summed E-state index contributed by atoms with van der Waals surface area (Å²) in [6, 6.07) is 6.66. The molecule has 21 heavy (non-hydrogen) atoms. The normalized spacial score (nSPS) is 24.6. The second kappa shape index (κ2) is 6.35. The minimum atomic E-state index is -0.644. The van der Waals surface area contributed by atoms with Gasteiger partial charge in [0.1, 0.15) is 12.4 Å². The van der Waals surface area contributed by atoms with E-state index >= 15 is 0 Å². The van der Waals surface area contributed by atoms with Crippen molar-refractivity contribution in [3.05, 3.63) is 23.8 Å². The molecule has 1 saturated carbocycles. The summed E-state index contributed by atoms with van der Waals surface area (Å²) in [5.41, 5.74) is 2.29. The zero-order valence-electron chi connectivity index (χ0n) is 12.1. The summed E-state index contributed by atoms with van der Waals surface area (Å²) in [5.74, 6) is 0.134. The maximum absolute atomic E-state index is 10.9. The van der Waals surface area contributed by atoms with Gasteiger partial charge in [-0.3, -0.25) is 4.79 Å². The van der Waals surface area contributed by atoms with Crippen LogP contribution in [0.2, 0.25) is 0 Å². The molecule has 5 heteroatoms. The van der Waals surface area contributed by atoms with Crippen LogP contribution in [0, 0.1) is 5.92 Å². The molecule has 0 saturated heterocycles. The lowest BCUT2D eigenvalue weighted by Gasteiger charge is -2.27. The second-order valence-corrected chi connectivity index (χ2v) is 5.87. The molecule has 0 amide bonds. The van der Waals surface area contributed by atoms with E-state index in [1.54, 1.807) is 0 Å². The van der Waals surface area contributed by atoms with Crippen LogP contribution in [0.3, 0.4) is 0 Å². The molecule has 3 N–H and O–H groups in total. The van der Waals surface area contributed by atoms with Crippen molar-refractivity contribution in [1.82, 2.24) is 5.32 Å². The number of benzene rings is 1. The molecular weight excluding hydrogens is 268 g/mol. The maximum atomic E-state index is 10.9. The summed E-state index contributed by atoms with van der Waals surface area (Å²) < 4.78 is 5.57. The number of aliphatic carboxylic acids is 1. The molecule has 0 aromatic heterocycles. The molecule has 0 bridgehead atoms. The van der Waals surface area contributed by atoms with Gasteiger partial charge >= 0.3 is 5.97 Å². The number of anilines is 1. The molecule has 1 fully saturated rings. The number of hydrogen-bond acceptors (Lipinski definition) is 4. The van der Waals surface area contributed by atoms with Crippen molar-refractivity contribution < 1.29 is 14.6 Å². The van der Waals surface area contributed by atoms with Crippen LogP contribution in [0.25, 0.3) is 0 Å². The predicted octanol–water partition coefficient (Wildman–Crippen LogP) is 2.22. The van der Waals surface area contributed by atoms with Gasteiger partial charge in [0.25, 0.3) is 0 Å². The van der Waals surface area contributed by atoms with Crippen LogP contribution < -0.4 is 15.4 Å². The first-order valence-corrected chi connectivity index (χ1v) is 7.68. The molecule has 1 aromatic rings. The summed E-state index contributed by atoms with van der Waals surface area (Å²) in [6.45, 7) is 2.39. The largest absolute Gasteiger partial charge is 0.490 e. The Hall–Kier alpha value is -1.75. The number of carbonyl (C=O) groups is 1. The Morgan fingerprint density at radius 2 is 2.14 bits per heavy atom. The van der Waals surface area contributed by atoms with Crippen LogP contribution in [0.15, 0.2) is 18.2 Å². The van der Waals surface area contributed by atoms with Crippen molar-refractivity contribution in [2.24, 2.45) is 5.92 Å². The SMILES string of the molecule is O=C(O)C1CCC(NCc2ccc3c(c2)NCCO3)CC1. The second-order valence-electron chi connectivity index (χ2n) is 5.87. The summed E-state index contributed by atoms with van der Waals surface area (Å²) in [5, 5.41) is 15.9. The van der Waals surface area contributed by atoms with Crippen LogP contribution in [0.1, 0.15) is 31.2 Å². The molecule has 114 valence electrons. The van der Waals surface area contributed by atoms with Crippen LogP contribution in [-0.4, -0.2) is 30.3 Å². The van der Waals surface area contributed by atoms with E-state index in [-0.39, 0.29) is 5.92 Å². The van der Waals surface area contributed by atoms with Gasteiger partial charge in [-0.15, -0.1) is 0 Å². The first-order chi connectivity index (χ1) is 10.2. The van der Waals surface area contributed by atoms with E-state index in [1.807, 2.05) is 6.07 Å². The number of ether oxygens (including phenoxy) is 1. The molecule has 1 aliphatic heterocycles. The van der Waals surface area contributed by atoms with E-state index in [2.05, 4.69) is 22.8 Å². The molecule has 0 atom stereocenters. The van der Waals surface area contributed by atoms with Crippen LogP contribution in [0.5, 0.6) is 5.75 Å². The van der Waals surface area contributed by atoms with Crippen LogP contribution >= 0.6 is 0 Å². The standard InChI is InChI=1S/C16H22N2O3/c19-16(20)12-2-4-13(5-3-12)18-10-11-1-6-15-14(9-11)17-7-8-21-15/h1,6,9,12-13,17-18H,2-5,7-8,10H2,(H,19,20). The fourth-order valence-corrected chi connectivity index (χ4v) is 3.10. The third kappa shape index (κ3) is 3.47. The topological polar surface area (TPSA) is 70.6 Å². The fourth-order valence-electron chi connectivity index (χ4n) is 3.10. The highest BCUT2D eigenvalue weighted by atomic mass is 16.5. The van der Waals surface area contributed by atoms with E-state index in [9.17, 15) is 4.79 Å². The Kier molecular flexibility index (Phi) is 4.29. The highest BCUT2D eigenvalue weighted by Gasteiger charge is 2.25. The molecular formula is C16H22N2O3. The van der Waals surface area contributed by atoms with Crippen LogP contribution in [-0.2, 0) is 11.3 Å². The number of fused-ring (bicyclic) bond motifs is 1. The van der Waals surface area contributed by atoms with Gasteiger partial charge in [-0.1, -0.05) is 6.07 Å². The summed E-state index contributed by atoms with van der Waals surface area (Å²) >= 11 is 0. The number of carboxylic acids is 1. The molecule has 2 aliphatic rings. The Balaban J connectivity index is 1.50. The average molecular weight is 290 g/mol. The lowest BCUT2D eigenvalue weighted by molar-refractivity contribution is -0.142. The van der Waals surface area contributed by atoms with E-state index in [0.29, 0.717) is 6.04 Å². The van der Waals surface area contributed by atoms with Gasteiger partial charge in [-0.05, 0) is 43.4 Å². The molecule has 3 rings (SSSR count). The summed E-state index contributed by atoms with van der Waals surface area (Å²) in [6.07, 6.45) is 3.46. The van der Waals surface area contributed by atoms with Crippen LogP contribution in [0.4, 0.5) is 5.69 Å². The van der Waals surface area contributed by atoms with E-state index < -0.39 is 5.97 Å². The third-order valence-corrected chi connectivity index (χ3v) is 4.39. The van der Waals surface area contributed by atoms with E-state index in [0.717, 1.165) is 56.8 Å². The molecule has 1 aliphatic carbocycles. The highest BCUT2D eigenvalue weighted by molar-refractivity contribution is 5.70. The number of hydrogen-bond donors (Lipinski definition) is 3. The average Bonchev–Trinajstić information content (AvgIpc) is 2.53. The molecule has 5 nitrogen and oxygen atoms in total. The van der Waals surface area contributed by atoms with Crippen molar-refractivity contribution in [3.8, 4) is 5.75 Å². The third-order valence-electron chi connectivity index (χ3n) is 4.39. The van der Waals surface area contributed by atoms with Crippen molar-refractivity contribution in [1.29, 1.82) is 0 Å². The Morgan fingerprint density at radius 3 is 2.90 bits per heavy atom. The minimum absolute atomic E-state index is 0.145. The smallest absolute Gasteiger partial charge is 0.306 e. The van der Waals surface area contributed by atoms with Gasteiger partial charge in [0, 0.05) is 19.1 Å². The Morgan fingerprint density at radius 1 is 1.33 bits per heavy atom. The fraction of sp³-hybridized carbons (Fsp3) is 0.562. The quantitative estimate of drug-likeness (QED) is 0.793. The lowest BCUT2D eigenvalue weighted by atomic mass is 9.86.